The molecule has 0 spiro atoms. The molecule has 8 nitrogen and oxygen atoms in total. The van der Waals surface area contributed by atoms with E-state index in [0.717, 1.165) is 5.56 Å². The van der Waals surface area contributed by atoms with Gasteiger partial charge in [-0.1, -0.05) is 29.5 Å². The molecule has 2 aromatic carbocycles. The smallest absolute Gasteiger partial charge is 0.264 e. The van der Waals surface area contributed by atoms with E-state index in [1.54, 1.807) is 13.0 Å². The number of para-hydroxylation sites is 1. The molecule has 0 fully saturated rings. The van der Waals surface area contributed by atoms with Crippen molar-refractivity contribution in [3.8, 4) is 5.75 Å². The maximum absolute atomic E-state index is 13.3. The van der Waals surface area contributed by atoms with Gasteiger partial charge in [-0.15, -0.1) is 10.2 Å². The van der Waals surface area contributed by atoms with Gasteiger partial charge in [-0.3, -0.25) is 14.4 Å². The van der Waals surface area contributed by atoms with Crippen LogP contribution in [0.1, 0.15) is 20.9 Å². The van der Waals surface area contributed by atoms with Crippen LogP contribution in [-0.4, -0.2) is 38.2 Å². The molecule has 0 aliphatic carbocycles. The molecular weight excluding hydrogens is 412 g/mol. The minimum absolute atomic E-state index is 0.0218. The van der Waals surface area contributed by atoms with E-state index >= 15 is 0 Å². The number of hydrogen-bond acceptors (Lipinski definition) is 7. The molecule has 0 saturated heterocycles. The Kier molecular flexibility index (Phi) is 4.97. The lowest BCUT2D eigenvalue weighted by Crippen LogP contribution is -2.29. The summed E-state index contributed by atoms with van der Waals surface area (Å²) in [6.07, 6.45) is 0.648. The van der Waals surface area contributed by atoms with Crippen LogP contribution in [0.15, 0.2) is 47.4 Å². The molecule has 29 heavy (non-hydrogen) atoms. The lowest BCUT2D eigenvalue weighted by molar-refractivity contribution is 0.102. The van der Waals surface area contributed by atoms with E-state index in [-0.39, 0.29) is 16.2 Å². The number of carbonyl (C=O) groups is 1. The Balaban J connectivity index is 1.70. The van der Waals surface area contributed by atoms with Crippen LogP contribution >= 0.6 is 11.3 Å². The number of aromatic nitrogens is 2. The number of ether oxygens (including phenoxy) is 1. The highest BCUT2D eigenvalue weighted by atomic mass is 32.2. The Morgan fingerprint density at radius 1 is 1.21 bits per heavy atom. The van der Waals surface area contributed by atoms with Gasteiger partial charge in [-0.25, -0.2) is 8.42 Å². The largest absolute Gasteiger partial charge is 0.496 e. The first kappa shape index (κ1) is 19.3. The number of hydrogen-bond donors (Lipinski definition) is 1. The summed E-state index contributed by atoms with van der Waals surface area (Å²) >= 11 is 1.23. The SMILES string of the molecule is COc1ccc(S(=O)(=O)N2CCc3ccccc32)cc1C(=O)Nc1nnc(C)s1. The van der Waals surface area contributed by atoms with Crippen molar-refractivity contribution >= 4 is 38.1 Å². The summed E-state index contributed by atoms with van der Waals surface area (Å²) < 4.78 is 33.2. The van der Waals surface area contributed by atoms with Gasteiger partial charge in [0.25, 0.3) is 15.9 Å². The lowest BCUT2D eigenvalue weighted by atomic mass is 10.2. The minimum atomic E-state index is -3.83. The number of methoxy groups -OCH3 is 1. The molecule has 1 aromatic heterocycles. The van der Waals surface area contributed by atoms with Crippen LogP contribution in [0.2, 0.25) is 0 Å². The fourth-order valence-electron chi connectivity index (χ4n) is 3.22. The van der Waals surface area contributed by atoms with Gasteiger partial charge in [0.1, 0.15) is 10.8 Å². The molecule has 10 heteroatoms. The Morgan fingerprint density at radius 2 is 2.00 bits per heavy atom. The molecule has 0 radical (unpaired) electrons. The summed E-state index contributed by atoms with van der Waals surface area (Å²) in [7, 11) is -2.41. The zero-order valence-corrected chi connectivity index (χ0v) is 17.4. The number of rotatable bonds is 5. The molecule has 0 bridgehead atoms. The summed E-state index contributed by atoms with van der Waals surface area (Å²) in [4.78, 5) is 12.8. The van der Waals surface area contributed by atoms with E-state index in [4.69, 9.17) is 4.74 Å². The minimum Gasteiger partial charge on any atom is -0.496 e. The predicted octanol–water partition coefficient (Wildman–Crippen LogP) is 2.86. The monoisotopic (exact) mass is 430 g/mol. The average molecular weight is 431 g/mol. The number of aryl methyl sites for hydroxylation is 1. The van der Waals surface area contributed by atoms with Gasteiger partial charge in [0.05, 0.1) is 23.3 Å². The number of amides is 1. The Morgan fingerprint density at radius 3 is 2.72 bits per heavy atom. The zero-order valence-electron chi connectivity index (χ0n) is 15.7. The molecule has 4 rings (SSSR count). The fourth-order valence-corrected chi connectivity index (χ4v) is 5.34. The molecule has 1 amide bonds. The average Bonchev–Trinajstić information content (AvgIpc) is 3.33. The summed E-state index contributed by atoms with van der Waals surface area (Å²) in [5.41, 5.74) is 1.75. The van der Waals surface area contributed by atoms with E-state index in [1.165, 1.54) is 41.0 Å². The third-order valence-corrected chi connectivity index (χ3v) is 7.16. The number of anilines is 2. The third-order valence-electron chi connectivity index (χ3n) is 4.59. The maximum atomic E-state index is 13.3. The summed E-state index contributed by atoms with van der Waals surface area (Å²) in [6, 6.07) is 11.7. The number of carbonyl (C=O) groups excluding carboxylic acids is 1. The molecule has 2 heterocycles. The van der Waals surface area contributed by atoms with Crippen LogP contribution < -0.4 is 14.4 Å². The van der Waals surface area contributed by atoms with Crippen molar-refractivity contribution in [2.24, 2.45) is 0 Å². The Hall–Kier alpha value is -2.98. The van der Waals surface area contributed by atoms with Gasteiger partial charge >= 0.3 is 0 Å². The van der Waals surface area contributed by atoms with Gasteiger partial charge < -0.3 is 4.74 Å². The summed E-state index contributed by atoms with van der Waals surface area (Å²) in [6.45, 7) is 2.13. The van der Waals surface area contributed by atoms with Crippen LogP contribution in [-0.2, 0) is 16.4 Å². The van der Waals surface area contributed by atoms with E-state index in [9.17, 15) is 13.2 Å². The van der Waals surface area contributed by atoms with Gasteiger partial charge in [-0.2, -0.15) is 0 Å². The molecule has 0 saturated carbocycles. The van der Waals surface area contributed by atoms with Gasteiger partial charge in [0, 0.05) is 6.54 Å². The second-order valence-corrected chi connectivity index (χ2v) is 9.44. The van der Waals surface area contributed by atoms with Crippen LogP contribution in [0.5, 0.6) is 5.75 Å². The predicted molar refractivity (Wildman–Crippen MR) is 110 cm³/mol. The molecule has 150 valence electrons. The van der Waals surface area contributed by atoms with Crippen molar-refractivity contribution in [3.05, 3.63) is 58.6 Å². The standard InChI is InChI=1S/C19H18N4O4S2/c1-12-21-22-19(28-12)20-18(24)15-11-14(7-8-17(15)27-2)29(25,26)23-10-9-13-5-3-4-6-16(13)23/h3-8,11H,9-10H2,1-2H3,(H,20,22,24). The molecular formula is C19H18N4O4S2. The molecule has 1 aliphatic heterocycles. The Labute approximate surface area is 172 Å². The van der Waals surface area contributed by atoms with Crippen molar-refractivity contribution in [3.63, 3.8) is 0 Å². The quantitative estimate of drug-likeness (QED) is 0.668. The number of benzene rings is 2. The first-order valence-electron chi connectivity index (χ1n) is 8.80. The van der Waals surface area contributed by atoms with Crippen molar-refractivity contribution in [2.75, 3.05) is 23.3 Å². The zero-order chi connectivity index (χ0) is 20.6. The van der Waals surface area contributed by atoms with Crippen LogP contribution in [0, 0.1) is 6.92 Å². The van der Waals surface area contributed by atoms with Gasteiger partial charge in [0.2, 0.25) is 5.13 Å². The summed E-state index contributed by atoms with van der Waals surface area (Å²) in [5.74, 6) is -0.249. The summed E-state index contributed by atoms with van der Waals surface area (Å²) in [5, 5.41) is 11.4. The van der Waals surface area contributed by atoms with Crippen molar-refractivity contribution in [1.82, 2.24) is 10.2 Å². The van der Waals surface area contributed by atoms with Gasteiger partial charge in [-0.05, 0) is 43.2 Å². The van der Waals surface area contributed by atoms with Crippen molar-refractivity contribution < 1.29 is 17.9 Å². The van der Waals surface area contributed by atoms with Crippen LogP contribution in [0.4, 0.5) is 10.8 Å². The van der Waals surface area contributed by atoms with E-state index in [1.807, 2.05) is 18.2 Å². The molecule has 3 aromatic rings. The normalized spacial score (nSPS) is 13.2. The first-order chi connectivity index (χ1) is 13.9. The van der Waals surface area contributed by atoms with E-state index in [0.29, 0.717) is 28.8 Å². The molecule has 1 N–H and O–H groups in total. The molecule has 1 aliphatic rings. The highest BCUT2D eigenvalue weighted by Crippen LogP contribution is 2.34. The topological polar surface area (TPSA) is 101 Å². The first-order valence-corrected chi connectivity index (χ1v) is 11.1. The number of nitrogens with one attached hydrogen (secondary N) is 1. The van der Waals surface area contributed by atoms with Crippen molar-refractivity contribution in [1.29, 1.82) is 0 Å². The second-order valence-electron chi connectivity index (χ2n) is 6.40. The molecule has 0 unspecified atom stereocenters. The lowest BCUT2D eigenvalue weighted by Gasteiger charge is -2.20. The Bertz CT molecular complexity index is 1190. The van der Waals surface area contributed by atoms with E-state index < -0.39 is 15.9 Å². The van der Waals surface area contributed by atoms with Crippen LogP contribution in [0.25, 0.3) is 0 Å². The van der Waals surface area contributed by atoms with Gasteiger partial charge in [0.15, 0.2) is 0 Å². The van der Waals surface area contributed by atoms with Crippen LogP contribution in [0.3, 0.4) is 0 Å². The number of sulfonamides is 1. The van der Waals surface area contributed by atoms with E-state index in [2.05, 4.69) is 15.5 Å². The second kappa shape index (κ2) is 7.45. The molecule has 0 atom stereocenters. The maximum Gasteiger partial charge on any atom is 0.264 e. The third kappa shape index (κ3) is 3.56. The fraction of sp³-hybridized carbons (Fsp3) is 0.211. The highest BCUT2D eigenvalue weighted by Gasteiger charge is 2.31. The highest BCUT2D eigenvalue weighted by molar-refractivity contribution is 7.92. The number of fused-ring (bicyclic) bond motifs is 1. The number of nitrogens with zero attached hydrogens (tertiary/aromatic N) is 3. The van der Waals surface area contributed by atoms with Crippen molar-refractivity contribution in [2.45, 2.75) is 18.2 Å².